The fourth-order valence-corrected chi connectivity index (χ4v) is 3.68. The first-order valence-corrected chi connectivity index (χ1v) is 8.49. The number of hydrogen-bond acceptors (Lipinski definition) is 5. The number of hydrogen-bond donors (Lipinski definition) is 1. The normalized spacial score (nSPS) is 20.2. The lowest BCUT2D eigenvalue weighted by molar-refractivity contribution is 0.0714. The molecule has 8 heteroatoms. The topological polar surface area (TPSA) is 96.8 Å². The van der Waals surface area contributed by atoms with E-state index in [1.165, 1.54) is 10.9 Å². The summed E-state index contributed by atoms with van der Waals surface area (Å²) < 4.78 is 1.53. The number of likely N-dealkylation sites (tertiary alicyclic amines) is 1. The highest BCUT2D eigenvalue weighted by molar-refractivity contribution is 5.92. The van der Waals surface area contributed by atoms with Gasteiger partial charge in [0.25, 0.3) is 11.5 Å². The number of aryl methyl sites for hydroxylation is 2. The predicted octanol–water partition coefficient (Wildman–Crippen LogP) is 0.545. The molecule has 1 fully saturated rings. The van der Waals surface area contributed by atoms with Gasteiger partial charge in [0.2, 0.25) is 0 Å². The average molecular weight is 328 g/mol. The average Bonchev–Trinajstić information content (AvgIpc) is 3.26. The van der Waals surface area contributed by atoms with Crippen LogP contribution in [0.25, 0.3) is 0 Å². The third-order valence-electron chi connectivity index (χ3n) is 4.93. The lowest BCUT2D eigenvalue weighted by atomic mass is 9.97. The fraction of sp³-hybridized carbons (Fsp3) is 0.562. The third kappa shape index (κ3) is 2.72. The lowest BCUT2D eigenvalue weighted by Crippen LogP contribution is -2.41. The van der Waals surface area contributed by atoms with E-state index in [2.05, 4.69) is 20.5 Å². The van der Waals surface area contributed by atoms with Crippen LogP contribution in [0.4, 0.5) is 0 Å². The Morgan fingerprint density at radius 1 is 1.29 bits per heavy atom. The van der Waals surface area contributed by atoms with Gasteiger partial charge in [0.05, 0.1) is 24.5 Å². The zero-order valence-corrected chi connectivity index (χ0v) is 13.4. The lowest BCUT2D eigenvalue weighted by Gasteiger charge is -2.24. The largest absolute Gasteiger partial charge is 0.332 e. The molecule has 0 saturated carbocycles. The minimum atomic E-state index is -0.141. The van der Waals surface area contributed by atoms with E-state index in [1.807, 2.05) is 0 Å². The molecule has 1 saturated heterocycles. The second-order valence-electron chi connectivity index (χ2n) is 6.49. The number of H-pyrrole nitrogens is 1. The second kappa shape index (κ2) is 6.18. The molecule has 1 aliphatic carbocycles. The summed E-state index contributed by atoms with van der Waals surface area (Å²) >= 11 is 0. The molecular formula is C16H20N6O2. The van der Waals surface area contributed by atoms with Crippen molar-refractivity contribution in [3.63, 3.8) is 0 Å². The summed E-state index contributed by atoms with van der Waals surface area (Å²) in [4.78, 5) is 26.7. The molecule has 1 N–H and O–H groups in total. The van der Waals surface area contributed by atoms with Crippen molar-refractivity contribution in [2.45, 2.75) is 51.1 Å². The van der Waals surface area contributed by atoms with Crippen LogP contribution < -0.4 is 5.56 Å². The van der Waals surface area contributed by atoms with E-state index in [1.54, 1.807) is 11.0 Å². The molecule has 8 nitrogen and oxygen atoms in total. The maximum atomic E-state index is 12.5. The van der Waals surface area contributed by atoms with E-state index < -0.39 is 0 Å². The summed E-state index contributed by atoms with van der Waals surface area (Å²) in [5.41, 5.74) is 2.36. The molecule has 0 radical (unpaired) electrons. The minimum Gasteiger partial charge on any atom is -0.332 e. The molecule has 1 unspecified atom stereocenters. The second-order valence-corrected chi connectivity index (χ2v) is 6.49. The van der Waals surface area contributed by atoms with Gasteiger partial charge in [-0.2, -0.15) is 20.5 Å². The highest BCUT2D eigenvalue weighted by atomic mass is 16.2. The summed E-state index contributed by atoms with van der Waals surface area (Å²) in [6, 6.07) is 1.70. The Balaban J connectivity index is 1.56. The van der Waals surface area contributed by atoms with Gasteiger partial charge < -0.3 is 4.90 Å². The van der Waals surface area contributed by atoms with Gasteiger partial charge in [0.1, 0.15) is 0 Å². The first-order chi connectivity index (χ1) is 11.7. The van der Waals surface area contributed by atoms with E-state index >= 15 is 0 Å². The van der Waals surface area contributed by atoms with Crippen molar-refractivity contribution in [2.24, 2.45) is 0 Å². The first kappa shape index (κ1) is 15.0. The molecule has 1 aliphatic heterocycles. The van der Waals surface area contributed by atoms with Gasteiger partial charge in [-0.05, 0) is 44.1 Å². The van der Waals surface area contributed by atoms with Crippen LogP contribution in [-0.4, -0.2) is 48.6 Å². The number of amides is 1. The molecule has 2 aromatic heterocycles. The highest BCUT2D eigenvalue weighted by Gasteiger charge is 2.31. The Bertz CT molecular complexity index is 797. The predicted molar refractivity (Wildman–Crippen MR) is 85.6 cm³/mol. The quantitative estimate of drug-likeness (QED) is 0.887. The van der Waals surface area contributed by atoms with Gasteiger partial charge in [-0.3, -0.25) is 9.59 Å². The molecule has 1 atom stereocenters. The molecule has 3 heterocycles. The van der Waals surface area contributed by atoms with Crippen molar-refractivity contribution >= 4 is 5.91 Å². The number of aromatic nitrogens is 5. The van der Waals surface area contributed by atoms with Crippen LogP contribution in [0.5, 0.6) is 0 Å². The van der Waals surface area contributed by atoms with Crippen molar-refractivity contribution in [3.05, 3.63) is 39.6 Å². The molecule has 0 spiro atoms. The summed E-state index contributed by atoms with van der Waals surface area (Å²) in [7, 11) is 0. The Morgan fingerprint density at radius 2 is 2.17 bits per heavy atom. The van der Waals surface area contributed by atoms with E-state index in [0.29, 0.717) is 18.8 Å². The number of aromatic amines is 1. The van der Waals surface area contributed by atoms with Crippen molar-refractivity contribution < 1.29 is 4.79 Å². The van der Waals surface area contributed by atoms with E-state index in [4.69, 9.17) is 0 Å². The molecule has 24 heavy (non-hydrogen) atoms. The minimum absolute atomic E-state index is 0.0268. The van der Waals surface area contributed by atoms with Crippen LogP contribution in [0.3, 0.4) is 0 Å². The van der Waals surface area contributed by atoms with Crippen molar-refractivity contribution in [1.29, 1.82) is 0 Å². The van der Waals surface area contributed by atoms with Crippen LogP contribution in [0.1, 0.15) is 47.4 Å². The number of rotatable bonds is 3. The van der Waals surface area contributed by atoms with Crippen LogP contribution in [-0.2, 0) is 19.4 Å². The van der Waals surface area contributed by atoms with E-state index in [-0.39, 0.29) is 17.5 Å². The Kier molecular flexibility index (Phi) is 3.87. The summed E-state index contributed by atoms with van der Waals surface area (Å²) in [5.74, 6) is -0.141. The number of nitrogens with one attached hydrogen (secondary N) is 1. The third-order valence-corrected chi connectivity index (χ3v) is 4.93. The molecule has 0 bridgehead atoms. The highest BCUT2D eigenvalue weighted by Crippen LogP contribution is 2.21. The maximum Gasteiger partial charge on any atom is 0.276 e. The number of nitrogens with zero attached hydrogens (tertiary/aromatic N) is 5. The van der Waals surface area contributed by atoms with E-state index in [9.17, 15) is 9.59 Å². The fourth-order valence-electron chi connectivity index (χ4n) is 3.68. The Morgan fingerprint density at radius 3 is 3.00 bits per heavy atom. The SMILES string of the molecule is O=C(c1cn[nH]n1)N1CCCC1Cn1nc2c(cc1=O)CCCC2. The van der Waals surface area contributed by atoms with Crippen LogP contribution in [0, 0.1) is 0 Å². The Labute approximate surface area is 138 Å². The zero-order valence-electron chi connectivity index (χ0n) is 13.4. The molecule has 1 amide bonds. The Hall–Kier alpha value is -2.51. The first-order valence-electron chi connectivity index (χ1n) is 8.49. The van der Waals surface area contributed by atoms with Gasteiger partial charge in [-0.25, -0.2) is 4.68 Å². The number of fused-ring (bicyclic) bond motifs is 1. The maximum absolute atomic E-state index is 12.5. The van der Waals surface area contributed by atoms with Crippen molar-refractivity contribution in [3.8, 4) is 0 Å². The summed E-state index contributed by atoms with van der Waals surface area (Å²) in [6.07, 6.45) is 7.35. The van der Waals surface area contributed by atoms with Gasteiger partial charge in [0, 0.05) is 12.6 Å². The number of carbonyl (C=O) groups excluding carboxylic acids is 1. The number of carbonyl (C=O) groups is 1. The monoisotopic (exact) mass is 328 g/mol. The summed E-state index contributed by atoms with van der Waals surface area (Å²) in [6.45, 7) is 1.12. The molecule has 4 rings (SSSR count). The van der Waals surface area contributed by atoms with Gasteiger partial charge in [-0.15, -0.1) is 0 Å². The van der Waals surface area contributed by atoms with Crippen molar-refractivity contribution in [1.82, 2.24) is 30.1 Å². The molecule has 0 aromatic carbocycles. The molecule has 126 valence electrons. The molecule has 2 aliphatic rings. The van der Waals surface area contributed by atoms with E-state index in [0.717, 1.165) is 49.8 Å². The van der Waals surface area contributed by atoms with Crippen LogP contribution in [0.15, 0.2) is 17.1 Å². The van der Waals surface area contributed by atoms with Gasteiger partial charge >= 0.3 is 0 Å². The van der Waals surface area contributed by atoms with Crippen LogP contribution in [0.2, 0.25) is 0 Å². The van der Waals surface area contributed by atoms with Gasteiger partial charge in [-0.1, -0.05) is 0 Å². The van der Waals surface area contributed by atoms with Crippen LogP contribution >= 0.6 is 0 Å². The molecular weight excluding hydrogens is 308 g/mol. The standard InChI is InChI=1S/C16H20N6O2/c23-15-8-11-4-1-2-6-13(11)19-22(15)10-12-5-3-7-21(12)16(24)14-9-17-20-18-14/h8-9,12H,1-7,10H2,(H,17,18,20). The zero-order chi connectivity index (χ0) is 16.5. The summed E-state index contributed by atoms with van der Waals surface area (Å²) in [5, 5.41) is 14.6. The smallest absolute Gasteiger partial charge is 0.276 e. The van der Waals surface area contributed by atoms with Gasteiger partial charge in [0.15, 0.2) is 5.69 Å². The molecule has 2 aromatic rings. The van der Waals surface area contributed by atoms with Crippen molar-refractivity contribution in [2.75, 3.05) is 6.54 Å².